The number of aromatic nitrogens is 1. The Hall–Kier alpha value is -1.42. The number of nitrogens with zero attached hydrogens (tertiary/aromatic N) is 2. The Balaban J connectivity index is 2.85. The molecule has 1 atom stereocenters. The van der Waals surface area contributed by atoms with Gasteiger partial charge < -0.3 is 10.0 Å². The molecule has 0 aromatic carbocycles. The van der Waals surface area contributed by atoms with Crippen molar-refractivity contribution in [2.75, 3.05) is 13.7 Å². The van der Waals surface area contributed by atoms with Crippen LogP contribution in [0.1, 0.15) is 23.1 Å². The third-order valence-corrected chi connectivity index (χ3v) is 2.35. The van der Waals surface area contributed by atoms with E-state index in [0.717, 1.165) is 5.69 Å². The number of rotatable bonds is 3. The molecule has 4 nitrogen and oxygen atoms in total. The highest BCUT2D eigenvalue weighted by Gasteiger charge is 2.17. The first-order valence-electron chi connectivity index (χ1n) is 4.88. The predicted molar refractivity (Wildman–Crippen MR) is 57.6 cm³/mol. The highest BCUT2D eigenvalue weighted by molar-refractivity contribution is 5.92. The molecule has 0 fully saturated rings. The highest BCUT2D eigenvalue weighted by Crippen LogP contribution is 2.04. The summed E-state index contributed by atoms with van der Waals surface area (Å²) in [6.45, 7) is 3.58. The third-order valence-electron chi connectivity index (χ3n) is 2.35. The maximum Gasteiger partial charge on any atom is 0.272 e. The fraction of sp³-hybridized carbons (Fsp3) is 0.455. The Morgan fingerprint density at radius 2 is 2.27 bits per heavy atom. The van der Waals surface area contributed by atoms with Crippen molar-refractivity contribution in [1.82, 2.24) is 9.88 Å². The van der Waals surface area contributed by atoms with E-state index >= 15 is 0 Å². The average Bonchev–Trinajstić information content (AvgIpc) is 2.26. The van der Waals surface area contributed by atoms with Gasteiger partial charge in [0.05, 0.1) is 12.6 Å². The fourth-order valence-electron chi connectivity index (χ4n) is 1.17. The molecule has 0 bridgehead atoms. The number of likely N-dealkylation sites (N-methyl/N-ethyl adjacent to an activating group) is 1. The zero-order chi connectivity index (χ0) is 11.4. The van der Waals surface area contributed by atoms with Gasteiger partial charge in [-0.3, -0.25) is 4.79 Å². The van der Waals surface area contributed by atoms with Crippen LogP contribution in [0.2, 0.25) is 0 Å². The number of carbonyl (C=O) groups is 1. The van der Waals surface area contributed by atoms with Gasteiger partial charge in [0.2, 0.25) is 0 Å². The van der Waals surface area contributed by atoms with Crippen LogP contribution in [-0.2, 0) is 0 Å². The Kier molecular flexibility index (Phi) is 3.80. The van der Waals surface area contributed by atoms with Crippen LogP contribution in [0.15, 0.2) is 18.2 Å². The van der Waals surface area contributed by atoms with Crippen molar-refractivity contribution in [3.63, 3.8) is 0 Å². The molecule has 82 valence electrons. The van der Waals surface area contributed by atoms with Crippen LogP contribution < -0.4 is 0 Å². The summed E-state index contributed by atoms with van der Waals surface area (Å²) in [7, 11) is 1.66. The minimum absolute atomic E-state index is 0.0476. The van der Waals surface area contributed by atoms with Gasteiger partial charge in [-0.25, -0.2) is 4.98 Å². The van der Waals surface area contributed by atoms with Gasteiger partial charge in [0.1, 0.15) is 5.69 Å². The van der Waals surface area contributed by atoms with Crippen LogP contribution >= 0.6 is 0 Å². The van der Waals surface area contributed by atoms with E-state index < -0.39 is 0 Å². The molecule has 0 spiro atoms. The normalized spacial score (nSPS) is 12.3. The smallest absolute Gasteiger partial charge is 0.272 e. The number of carbonyl (C=O) groups excluding carboxylic acids is 1. The zero-order valence-corrected chi connectivity index (χ0v) is 9.27. The molecule has 0 saturated heterocycles. The number of aliphatic hydroxyl groups excluding tert-OH is 1. The summed E-state index contributed by atoms with van der Waals surface area (Å²) in [5.74, 6) is -0.166. The Bertz CT molecular complexity index is 352. The van der Waals surface area contributed by atoms with E-state index in [4.69, 9.17) is 5.11 Å². The van der Waals surface area contributed by atoms with Gasteiger partial charge >= 0.3 is 0 Å². The molecule has 1 amide bonds. The second-order valence-electron chi connectivity index (χ2n) is 3.61. The minimum Gasteiger partial charge on any atom is -0.394 e. The summed E-state index contributed by atoms with van der Waals surface area (Å²) in [6, 6.07) is 5.12. The van der Waals surface area contributed by atoms with E-state index in [1.807, 2.05) is 13.0 Å². The molecule has 0 radical (unpaired) electrons. The number of aliphatic hydroxyl groups is 1. The van der Waals surface area contributed by atoms with Crippen molar-refractivity contribution in [2.45, 2.75) is 19.9 Å². The molecule has 0 aliphatic carbocycles. The molecule has 4 heteroatoms. The molecule has 0 aliphatic rings. The third kappa shape index (κ3) is 2.76. The van der Waals surface area contributed by atoms with Crippen LogP contribution in [0.4, 0.5) is 0 Å². The standard InChI is InChI=1S/C11H16N2O2/c1-8-5-4-6-10(12-8)11(15)13(3)9(2)7-14/h4-6,9,14H,7H2,1-3H3. The molecule has 1 unspecified atom stereocenters. The second kappa shape index (κ2) is 4.89. The second-order valence-corrected chi connectivity index (χ2v) is 3.61. The van der Waals surface area contributed by atoms with Gasteiger partial charge in [-0.05, 0) is 26.0 Å². The lowest BCUT2D eigenvalue weighted by atomic mass is 10.2. The van der Waals surface area contributed by atoms with Crippen molar-refractivity contribution in [3.05, 3.63) is 29.6 Å². The molecule has 0 aliphatic heterocycles. The minimum atomic E-state index is -0.195. The highest BCUT2D eigenvalue weighted by atomic mass is 16.3. The van der Waals surface area contributed by atoms with E-state index in [-0.39, 0.29) is 18.6 Å². The topological polar surface area (TPSA) is 53.4 Å². The number of amides is 1. The van der Waals surface area contributed by atoms with E-state index in [1.165, 1.54) is 4.90 Å². The lowest BCUT2D eigenvalue weighted by Gasteiger charge is -2.22. The quantitative estimate of drug-likeness (QED) is 0.801. The number of pyridine rings is 1. The fourth-order valence-corrected chi connectivity index (χ4v) is 1.17. The SMILES string of the molecule is Cc1cccc(C(=O)N(C)C(C)CO)n1. The molecule has 1 rings (SSSR count). The van der Waals surface area contributed by atoms with Crippen LogP contribution in [0.3, 0.4) is 0 Å². The Morgan fingerprint density at radius 3 is 2.80 bits per heavy atom. The lowest BCUT2D eigenvalue weighted by molar-refractivity contribution is 0.0676. The van der Waals surface area contributed by atoms with Gasteiger partial charge in [-0.15, -0.1) is 0 Å². The monoisotopic (exact) mass is 208 g/mol. The van der Waals surface area contributed by atoms with E-state index in [1.54, 1.807) is 26.1 Å². The lowest BCUT2D eigenvalue weighted by Crippen LogP contribution is -2.37. The summed E-state index contributed by atoms with van der Waals surface area (Å²) >= 11 is 0. The van der Waals surface area contributed by atoms with Crippen molar-refractivity contribution < 1.29 is 9.90 Å². The molecule has 1 aromatic rings. The van der Waals surface area contributed by atoms with Crippen molar-refractivity contribution >= 4 is 5.91 Å². The van der Waals surface area contributed by atoms with E-state index in [9.17, 15) is 4.79 Å². The summed E-state index contributed by atoms with van der Waals surface area (Å²) in [5, 5.41) is 8.94. The Morgan fingerprint density at radius 1 is 1.60 bits per heavy atom. The summed E-state index contributed by atoms with van der Waals surface area (Å²) in [4.78, 5) is 17.5. The van der Waals surface area contributed by atoms with Gasteiger partial charge in [0.15, 0.2) is 0 Å². The van der Waals surface area contributed by atoms with Crippen LogP contribution in [0, 0.1) is 6.92 Å². The van der Waals surface area contributed by atoms with Crippen molar-refractivity contribution in [1.29, 1.82) is 0 Å². The number of aryl methyl sites for hydroxylation is 1. The predicted octanol–water partition coefficient (Wildman–Crippen LogP) is 0.843. The average molecular weight is 208 g/mol. The molecule has 0 saturated carbocycles. The van der Waals surface area contributed by atoms with Gasteiger partial charge in [0, 0.05) is 12.7 Å². The summed E-state index contributed by atoms with van der Waals surface area (Å²) in [6.07, 6.45) is 0. The van der Waals surface area contributed by atoms with Crippen LogP contribution in [0.25, 0.3) is 0 Å². The van der Waals surface area contributed by atoms with Gasteiger partial charge in [-0.2, -0.15) is 0 Å². The summed E-state index contributed by atoms with van der Waals surface area (Å²) in [5.41, 5.74) is 1.23. The molecular weight excluding hydrogens is 192 g/mol. The molecular formula is C11H16N2O2. The first-order chi connectivity index (χ1) is 7.06. The van der Waals surface area contributed by atoms with Gasteiger partial charge in [-0.1, -0.05) is 6.07 Å². The van der Waals surface area contributed by atoms with E-state index in [2.05, 4.69) is 4.98 Å². The molecule has 1 heterocycles. The number of hydrogen-bond acceptors (Lipinski definition) is 3. The van der Waals surface area contributed by atoms with Crippen molar-refractivity contribution in [3.8, 4) is 0 Å². The summed E-state index contributed by atoms with van der Waals surface area (Å²) < 4.78 is 0. The molecule has 1 aromatic heterocycles. The van der Waals surface area contributed by atoms with Crippen LogP contribution in [0.5, 0.6) is 0 Å². The maximum absolute atomic E-state index is 11.8. The van der Waals surface area contributed by atoms with Crippen molar-refractivity contribution in [2.24, 2.45) is 0 Å². The van der Waals surface area contributed by atoms with E-state index in [0.29, 0.717) is 5.69 Å². The number of hydrogen-bond donors (Lipinski definition) is 1. The molecule has 1 N–H and O–H groups in total. The molecule has 15 heavy (non-hydrogen) atoms. The first kappa shape index (κ1) is 11.7. The first-order valence-corrected chi connectivity index (χ1v) is 4.88. The van der Waals surface area contributed by atoms with Crippen LogP contribution in [-0.4, -0.2) is 40.6 Å². The zero-order valence-electron chi connectivity index (χ0n) is 9.27. The van der Waals surface area contributed by atoms with Gasteiger partial charge in [0.25, 0.3) is 5.91 Å². The Labute approximate surface area is 89.6 Å². The largest absolute Gasteiger partial charge is 0.394 e. The maximum atomic E-state index is 11.8.